The molecule has 1 saturated heterocycles. The number of carbonyl (C=O) groups is 5. The van der Waals surface area contributed by atoms with Crippen molar-refractivity contribution in [3.05, 3.63) is 24.3 Å². The minimum Gasteiger partial charge on any atom is -0.463 e. The standard InChI is InChI=1S/C21H27N3O10/c1-10(25)30-9-16-18(31-11(2)26)19(32-12(3)27)17(20(34-16)33-13(4)28)24-21(29)23-15-7-5-6-14(22)8-15/h5-8,16-20H,9,22H2,1-4H3,(H2,23,24,29). The molecule has 13 heteroatoms. The second kappa shape index (κ2) is 11.8. The van der Waals surface area contributed by atoms with Gasteiger partial charge >= 0.3 is 29.9 Å². The first-order valence-corrected chi connectivity index (χ1v) is 10.2. The second-order valence-electron chi connectivity index (χ2n) is 7.35. The van der Waals surface area contributed by atoms with E-state index in [-0.39, 0.29) is 0 Å². The van der Waals surface area contributed by atoms with Crippen molar-refractivity contribution < 1.29 is 47.7 Å². The molecule has 0 saturated carbocycles. The van der Waals surface area contributed by atoms with E-state index in [1.54, 1.807) is 18.2 Å². The van der Waals surface area contributed by atoms with Gasteiger partial charge in [0, 0.05) is 39.1 Å². The Hall–Kier alpha value is -3.87. The number of anilines is 2. The van der Waals surface area contributed by atoms with Crippen molar-refractivity contribution in [2.45, 2.75) is 58.3 Å². The molecule has 186 valence electrons. The highest BCUT2D eigenvalue weighted by Gasteiger charge is 2.52. The van der Waals surface area contributed by atoms with E-state index in [4.69, 9.17) is 29.4 Å². The highest BCUT2D eigenvalue weighted by molar-refractivity contribution is 5.90. The van der Waals surface area contributed by atoms with Gasteiger partial charge in [-0.3, -0.25) is 19.2 Å². The Morgan fingerprint density at radius 1 is 0.912 bits per heavy atom. The van der Waals surface area contributed by atoms with Crippen LogP contribution >= 0.6 is 0 Å². The summed E-state index contributed by atoms with van der Waals surface area (Å²) in [5.74, 6) is -2.96. The van der Waals surface area contributed by atoms with Crippen LogP contribution in [0.4, 0.5) is 16.2 Å². The molecule has 0 aromatic heterocycles. The Morgan fingerprint density at radius 3 is 2.09 bits per heavy atom. The molecule has 1 aromatic rings. The summed E-state index contributed by atoms with van der Waals surface area (Å²) in [5.41, 5.74) is 6.46. The molecule has 1 fully saturated rings. The van der Waals surface area contributed by atoms with Crippen LogP contribution in [-0.4, -0.2) is 67.2 Å². The maximum atomic E-state index is 12.7. The van der Waals surface area contributed by atoms with Crippen LogP contribution in [0, 0.1) is 0 Å². The summed E-state index contributed by atoms with van der Waals surface area (Å²) in [5, 5.41) is 5.06. The van der Waals surface area contributed by atoms with E-state index in [0.29, 0.717) is 11.4 Å². The number of esters is 4. The fourth-order valence-corrected chi connectivity index (χ4v) is 3.26. The van der Waals surface area contributed by atoms with Crippen LogP contribution in [0.3, 0.4) is 0 Å². The normalized spacial score (nSPS) is 23.7. The number of carbonyl (C=O) groups excluding carboxylic acids is 5. The van der Waals surface area contributed by atoms with Crippen LogP contribution in [0.15, 0.2) is 24.3 Å². The predicted molar refractivity (Wildman–Crippen MR) is 115 cm³/mol. The molecule has 13 nitrogen and oxygen atoms in total. The highest BCUT2D eigenvalue weighted by Crippen LogP contribution is 2.28. The SMILES string of the molecule is CC(=O)OCC1OC(OC(C)=O)C(NC(=O)Nc2cccc(N)c2)C(OC(C)=O)C1OC(C)=O. The molecular formula is C21H27N3O10. The molecule has 0 aliphatic carbocycles. The van der Waals surface area contributed by atoms with E-state index in [9.17, 15) is 24.0 Å². The molecule has 1 aliphatic heterocycles. The number of nitrogen functional groups attached to an aromatic ring is 1. The number of amides is 2. The molecule has 5 atom stereocenters. The first-order valence-electron chi connectivity index (χ1n) is 10.2. The number of nitrogens with two attached hydrogens (primary N) is 1. The van der Waals surface area contributed by atoms with Crippen LogP contribution in [0.1, 0.15) is 27.7 Å². The first-order chi connectivity index (χ1) is 16.0. The van der Waals surface area contributed by atoms with E-state index < -0.39 is 67.2 Å². The molecule has 2 rings (SSSR count). The number of nitrogens with one attached hydrogen (secondary N) is 2. The summed E-state index contributed by atoms with van der Waals surface area (Å²) in [6.07, 6.45) is -5.35. The van der Waals surface area contributed by atoms with Gasteiger partial charge in [-0.25, -0.2) is 4.79 Å². The zero-order valence-corrected chi connectivity index (χ0v) is 19.1. The van der Waals surface area contributed by atoms with Crippen molar-refractivity contribution in [1.29, 1.82) is 0 Å². The van der Waals surface area contributed by atoms with Crippen molar-refractivity contribution in [3.63, 3.8) is 0 Å². The topological polar surface area (TPSA) is 182 Å². The largest absolute Gasteiger partial charge is 0.463 e. The van der Waals surface area contributed by atoms with Crippen LogP contribution in [-0.2, 0) is 42.9 Å². The van der Waals surface area contributed by atoms with Gasteiger partial charge in [-0.2, -0.15) is 0 Å². The van der Waals surface area contributed by atoms with Crippen LogP contribution in [0.5, 0.6) is 0 Å². The third kappa shape index (κ3) is 7.92. The van der Waals surface area contributed by atoms with Crippen LogP contribution in [0.2, 0.25) is 0 Å². The number of urea groups is 1. The van der Waals surface area contributed by atoms with Gasteiger partial charge in [0.1, 0.15) is 18.8 Å². The van der Waals surface area contributed by atoms with Crippen LogP contribution in [0.25, 0.3) is 0 Å². The monoisotopic (exact) mass is 481 g/mol. The number of rotatable bonds is 7. The zero-order chi connectivity index (χ0) is 25.4. The van der Waals surface area contributed by atoms with E-state index >= 15 is 0 Å². The summed E-state index contributed by atoms with van der Waals surface area (Å²) in [6, 6.07) is 4.23. The lowest BCUT2D eigenvalue weighted by Gasteiger charge is -2.44. The molecule has 0 spiro atoms. The minimum absolute atomic E-state index is 0.353. The summed E-state index contributed by atoms with van der Waals surface area (Å²) < 4.78 is 26.5. The lowest BCUT2D eigenvalue weighted by Crippen LogP contribution is -2.67. The summed E-state index contributed by atoms with van der Waals surface area (Å²) in [4.78, 5) is 59.4. The third-order valence-electron chi connectivity index (χ3n) is 4.43. The summed E-state index contributed by atoms with van der Waals surface area (Å²) in [6.45, 7) is 4.06. The molecular weight excluding hydrogens is 454 g/mol. The molecule has 4 N–H and O–H groups in total. The van der Waals surface area contributed by atoms with Gasteiger partial charge in [0.2, 0.25) is 6.29 Å². The second-order valence-corrected chi connectivity index (χ2v) is 7.35. The Labute approximate surface area is 195 Å². The average molecular weight is 481 g/mol. The van der Waals surface area contributed by atoms with Gasteiger partial charge in [0.15, 0.2) is 12.2 Å². The Balaban J connectivity index is 2.38. The fourth-order valence-electron chi connectivity index (χ4n) is 3.26. The quantitative estimate of drug-likeness (QED) is 0.280. The third-order valence-corrected chi connectivity index (χ3v) is 4.43. The minimum atomic E-state index is -1.49. The highest BCUT2D eigenvalue weighted by atomic mass is 16.7. The number of hydrogen-bond donors (Lipinski definition) is 3. The van der Waals surface area contributed by atoms with E-state index in [0.717, 1.165) is 27.7 Å². The molecule has 5 unspecified atom stereocenters. The van der Waals surface area contributed by atoms with Gasteiger partial charge < -0.3 is 40.1 Å². The van der Waals surface area contributed by atoms with E-state index in [1.807, 2.05) is 0 Å². The summed E-state index contributed by atoms with van der Waals surface area (Å²) >= 11 is 0. The van der Waals surface area contributed by atoms with Gasteiger partial charge in [-0.1, -0.05) is 6.07 Å². The fraction of sp³-hybridized carbons (Fsp3) is 0.476. The zero-order valence-electron chi connectivity index (χ0n) is 19.1. The molecule has 1 aliphatic rings. The molecule has 34 heavy (non-hydrogen) atoms. The molecule has 1 heterocycles. The first kappa shape index (κ1) is 26.4. The Morgan fingerprint density at radius 2 is 1.53 bits per heavy atom. The van der Waals surface area contributed by atoms with Crippen molar-refractivity contribution in [1.82, 2.24) is 5.32 Å². The van der Waals surface area contributed by atoms with Crippen molar-refractivity contribution in [2.24, 2.45) is 0 Å². The van der Waals surface area contributed by atoms with Crippen molar-refractivity contribution in [2.75, 3.05) is 17.7 Å². The molecule has 0 bridgehead atoms. The lowest BCUT2D eigenvalue weighted by atomic mass is 9.96. The van der Waals surface area contributed by atoms with Gasteiger partial charge in [-0.15, -0.1) is 0 Å². The Bertz CT molecular complexity index is 937. The number of hydrogen-bond acceptors (Lipinski definition) is 11. The van der Waals surface area contributed by atoms with Crippen LogP contribution < -0.4 is 16.4 Å². The summed E-state index contributed by atoms with van der Waals surface area (Å²) in [7, 11) is 0. The molecule has 2 amide bonds. The van der Waals surface area contributed by atoms with E-state index in [2.05, 4.69) is 10.6 Å². The number of benzene rings is 1. The molecule has 1 aromatic carbocycles. The van der Waals surface area contributed by atoms with Gasteiger partial charge in [0.25, 0.3) is 0 Å². The van der Waals surface area contributed by atoms with Gasteiger partial charge in [-0.05, 0) is 18.2 Å². The average Bonchev–Trinajstić information content (AvgIpc) is 2.70. The van der Waals surface area contributed by atoms with Gasteiger partial charge in [0.05, 0.1) is 0 Å². The molecule has 0 radical (unpaired) electrons. The predicted octanol–water partition coefficient (Wildman–Crippen LogP) is 0.473. The Kier molecular flexibility index (Phi) is 9.18. The lowest BCUT2D eigenvalue weighted by molar-refractivity contribution is -0.270. The van der Waals surface area contributed by atoms with Crippen molar-refractivity contribution in [3.8, 4) is 0 Å². The smallest absolute Gasteiger partial charge is 0.319 e. The van der Waals surface area contributed by atoms with Crippen molar-refractivity contribution >= 4 is 41.3 Å². The van der Waals surface area contributed by atoms with E-state index in [1.165, 1.54) is 6.07 Å². The number of ether oxygens (including phenoxy) is 5. The maximum Gasteiger partial charge on any atom is 0.319 e. The maximum absolute atomic E-state index is 12.7.